The molecule has 0 unspecified atom stereocenters. The Kier molecular flexibility index (Phi) is 7.11. The molecular formula is C22H30N6O4S. The standard InChI is InChI=1S/C22H30N6O4S/c1-16-23-20(15-21(24-16)27-11-13-32-14-12-27)25-18-3-5-19(6-4-18)26-22(29)17-7-9-28(10-8-17)33(2,30)31/h3-6,15,17H,7-14H2,1-2H3,(H,26,29)(H,23,24,25). The number of piperidine rings is 1. The van der Waals surface area contributed by atoms with Gasteiger partial charge in [-0.2, -0.15) is 0 Å². The number of hydrogen-bond donors (Lipinski definition) is 2. The van der Waals surface area contributed by atoms with Crippen LogP contribution in [0, 0.1) is 12.8 Å². The second-order valence-corrected chi connectivity index (χ2v) is 10.4. The number of benzene rings is 1. The maximum Gasteiger partial charge on any atom is 0.227 e. The number of ether oxygens (including phenoxy) is 1. The minimum absolute atomic E-state index is 0.0783. The molecule has 2 aliphatic heterocycles. The summed E-state index contributed by atoms with van der Waals surface area (Å²) in [6.45, 7) is 5.62. The molecule has 1 aromatic carbocycles. The van der Waals surface area contributed by atoms with Crippen LogP contribution in [0.4, 0.5) is 23.0 Å². The van der Waals surface area contributed by atoms with E-state index in [2.05, 4.69) is 25.5 Å². The van der Waals surface area contributed by atoms with Gasteiger partial charge in [0.2, 0.25) is 15.9 Å². The van der Waals surface area contributed by atoms with Gasteiger partial charge in [0.15, 0.2) is 0 Å². The van der Waals surface area contributed by atoms with Crippen molar-refractivity contribution in [2.75, 3.05) is 61.2 Å². The normalized spacial score (nSPS) is 18.2. The summed E-state index contributed by atoms with van der Waals surface area (Å²) in [7, 11) is -3.20. The second-order valence-electron chi connectivity index (χ2n) is 8.39. The van der Waals surface area contributed by atoms with Gasteiger partial charge in [0.05, 0.1) is 19.5 Å². The van der Waals surface area contributed by atoms with Gasteiger partial charge in [0.25, 0.3) is 0 Å². The van der Waals surface area contributed by atoms with Gasteiger partial charge in [0.1, 0.15) is 17.5 Å². The van der Waals surface area contributed by atoms with Gasteiger partial charge in [-0.3, -0.25) is 4.79 Å². The Bertz CT molecular complexity index is 1080. The van der Waals surface area contributed by atoms with Gasteiger partial charge in [0, 0.05) is 49.5 Å². The summed E-state index contributed by atoms with van der Waals surface area (Å²) in [5, 5.41) is 6.24. The fraction of sp³-hybridized carbons (Fsp3) is 0.500. The first-order valence-corrected chi connectivity index (χ1v) is 12.9. The van der Waals surface area contributed by atoms with Crippen LogP contribution >= 0.6 is 0 Å². The first-order chi connectivity index (χ1) is 15.8. The van der Waals surface area contributed by atoms with Crippen molar-refractivity contribution in [3.8, 4) is 0 Å². The van der Waals surface area contributed by atoms with E-state index in [4.69, 9.17) is 4.74 Å². The molecule has 1 amide bonds. The van der Waals surface area contributed by atoms with Gasteiger partial charge in [-0.05, 0) is 44.0 Å². The number of carbonyl (C=O) groups is 1. The molecule has 33 heavy (non-hydrogen) atoms. The largest absolute Gasteiger partial charge is 0.378 e. The Labute approximate surface area is 194 Å². The predicted octanol–water partition coefficient (Wildman–Crippen LogP) is 1.98. The number of sulfonamides is 1. The number of morpholine rings is 1. The number of rotatable bonds is 6. The maximum atomic E-state index is 12.6. The average Bonchev–Trinajstić information content (AvgIpc) is 2.80. The predicted molar refractivity (Wildman–Crippen MR) is 127 cm³/mol. The highest BCUT2D eigenvalue weighted by Crippen LogP contribution is 2.24. The highest BCUT2D eigenvalue weighted by Gasteiger charge is 2.28. The number of aromatic nitrogens is 2. The van der Waals surface area contributed by atoms with E-state index in [0.717, 1.165) is 24.6 Å². The van der Waals surface area contributed by atoms with Gasteiger partial charge < -0.3 is 20.3 Å². The van der Waals surface area contributed by atoms with Crippen molar-refractivity contribution >= 4 is 38.9 Å². The van der Waals surface area contributed by atoms with E-state index in [1.54, 1.807) is 0 Å². The molecule has 0 bridgehead atoms. The smallest absolute Gasteiger partial charge is 0.227 e. The number of aryl methyl sites for hydroxylation is 1. The Hall–Kier alpha value is -2.76. The quantitative estimate of drug-likeness (QED) is 0.653. The zero-order valence-corrected chi connectivity index (χ0v) is 19.8. The van der Waals surface area contributed by atoms with Gasteiger partial charge in [-0.15, -0.1) is 0 Å². The first-order valence-electron chi connectivity index (χ1n) is 11.1. The maximum absolute atomic E-state index is 12.6. The number of carbonyl (C=O) groups excluding carboxylic acids is 1. The summed E-state index contributed by atoms with van der Waals surface area (Å²) in [6, 6.07) is 9.37. The van der Waals surface area contributed by atoms with Crippen LogP contribution < -0.4 is 15.5 Å². The van der Waals surface area contributed by atoms with Crippen molar-refractivity contribution in [1.82, 2.24) is 14.3 Å². The van der Waals surface area contributed by atoms with E-state index in [9.17, 15) is 13.2 Å². The number of nitrogens with zero attached hydrogens (tertiary/aromatic N) is 4. The molecule has 2 N–H and O–H groups in total. The Morgan fingerprint density at radius 1 is 1.03 bits per heavy atom. The van der Waals surface area contributed by atoms with Crippen molar-refractivity contribution in [3.63, 3.8) is 0 Å². The van der Waals surface area contributed by atoms with Crippen LogP contribution in [0.1, 0.15) is 18.7 Å². The number of amides is 1. The molecule has 0 saturated carbocycles. The van der Waals surface area contributed by atoms with Crippen LogP contribution in [0.15, 0.2) is 30.3 Å². The Balaban J connectivity index is 1.34. The molecule has 2 saturated heterocycles. The van der Waals surface area contributed by atoms with Crippen molar-refractivity contribution in [1.29, 1.82) is 0 Å². The summed E-state index contributed by atoms with van der Waals surface area (Å²) < 4.78 is 30.1. The molecule has 2 aromatic rings. The zero-order valence-electron chi connectivity index (χ0n) is 19.0. The minimum atomic E-state index is -3.20. The molecule has 0 atom stereocenters. The lowest BCUT2D eigenvalue weighted by molar-refractivity contribution is -0.120. The van der Waals surface area contributed by atoms with Crippen LogP contribution in [0.5, 0.6) is 0 Å². The number of anilines is 4. The van der Waals surface area contributed by atoms with Gasteiger partial charge in [-0.25, -0.2) is 22.7 Å². The molecule has 10 nitrogen and oxygen atoms in total. The molecular weight excluding hydrogens is 444 g/mol. The summed E-state index contributed by atoms with van der Waals surface area (Å²) in [6.07, 6.45) is 2.25. The molecule has 2 aliphatic rings. The van der Waals surface area contributed by atoms with E-state index in [0.29, 0.717) is 56.5 Å². The third-order valence-electron chi connectivity index (χ3n) is 5.88. The molecule has 0 aliphatic carbocycles. The molecule has 1 aromatic heterocycles. The van der Waals surface area contributed by atoms with E-state index >= 15 is 0 Å². The van der Waals surface area contributed by atoms with E-state index in [1.807, 2.05) is 37.3 Å². The monoisotopic (exact) mass is 474 g/mol. The molecule has 11 heteroatoms. The fourth-order valence-electron chi connectivity index (χ4n) is 4.05. The van der Waals surface area contributed by atoms with Crippen LogP contribution in [0.25, 0.3) is 0 Å². The summed E-state index contributed by atoms with van der Waals surface area (Å²) in [4.78, 5) is 23.8. The van der Waals surface area contributed by atoms with Crippen molar-refractivity contribution in [2.24, 2.45) is 5.92 Å². The van der Waals surface area contributed by atoms with Crippen LogP contribution in [0.2, 0.25) is 0 Å². The Morgan fingerprint density at radius 3 is 2.30 bits per heavy atom. The third kappa shape index (κ3) is 6.18. The van der Waals surface area contributed by atoms with Crippen LogP contribution in [0.3, 0.4) is 0 Å². The average molecular weight is 475 g/mol. The highest BCUT2D eigenvalue weighted by atomic mass is 32.2. The fourth-order valence-corrected chi connectivity index (χ4v) is 4.92. The topological polar surface area (TPSA) is 117 Å². The van der Waals surface area contributed by atoms with Crippen LogP contribution in [-0.4, -0.2) is 74.2 Å². The van der Waals surface area contributed by atoms with E-state index in [1.165, 1.54) is 10.6 Å². The van der Waals surface area contributed by atoms with Crippen molar-refractivity contribution in [3.05, 3.63) is 36.2 Å². The van der Waals surface area contributed by atoms with E-state index in [-0.39, 0.29) is 11.8 Å². The minimum Gasteiger partial charge on any atom is -0.378 e. The second kappa shape index (κ2) is 10.0. The lowest BCUT2D eigenvalue weighted by Crippen LogP contribution is -2.40. The summed E-state index contributed by atoms with van der Waals surface area (Å²) >= 11 is 0. The third-order valence-corrected chi connectivity index (χ3v) is 7.18. The van der Waals surface area contributed by atoms with E-state index < -0.39 is 10.0 Å². The highest BCUT2D eigenvalue weighted by molar-refractivity contribution is 7.88. The molecule has 0 radical (unpaired) electrons. The summed E-state index contributed by atoms with van der Waals surface area (Å²) in [5.41, 5.74) is 1.55. The molecule has 3 heterocycles. The Morgan fingerprint density at radius 2 is 1.67 bits per heavy atom. The number of nitrogens with one attached hydrogen (secondary N) is 2. The molecule has 178 valence electrons. The lowest BCUT2D eigenvalue weighted by Gasteiger charge is -2.29. The van der Waals surface area contributed by atoms with Crippen molar-refractivity contribution in [2.45, 2.75) is 19.8 Å². The SMILES string of the molecule is Cc1nc(Nc2ccc(NC(=O)C3CCN(S(C)(=O)=O)CC3)cc2)cc(N2CCOCC2)n1. The van der Waals surface area contributed by atoms with Crippen LogP contribution in [-0.2, 0) is 19.6 Å². The first kappa shape index (κ1) is 23.4. The lowest BCUT2D eigenvalue weighted by atomic mass is 9.97. The molecule has 0 spiro atoms. The van der Waals surface area contributed by atoms with Crippen molar-refractivity contribution < 1.29 is 17.9 Å². The molecule has 4 rings (SSSR count). The number of hydrogen-bond acceptors (Lipinski definition) is 8. The summed E-state index contributed by atoms with van der Waals surface area (Å²) in [5.74, 6) is 2.00. The molecule has 2 fully saturated rings. The van der Waals surface area contributed by atoms with Gasteiger partial charge in [-0.1, -0.05) is 0 Å². The zero-order chi connectivity index (χ0) is 23.4. The van der Waals surface area contributed by atoms with Gasteiger partial charge >= 0.3 is 0 Å².